The van der Waals surface area contributed by atoms with E-state index in [1.165, 1.54) is 11.8 Å². The van der Waals surface area contributed by atoms with E-state index < -0.39 is 0 Å². The van der Waals surface area contributed by atoms with E-state index >= 15 is 0 Å². The minimum Gasteiger partial charge on any atom is -0.354 e. The zero-order chi connectivity index (χ0) is 20.8. The predicted molar refractivity (Wildman–Crippen MR) is 111 cm³/mol. The average Bonchev–Trinajstić information content (AvgIpc) is 2.77. The van der Waals surface area contributed by atoms with Crippen LogP contribution in [0.5, 0.6) is 0 Å². The quantitative estimate of drug-likeness (QED) is 0.491. The highest BCUT2D eigenvalue weighted by Gasteiger charge is 2.21. The zero-order valence-electron chi connectivity index (χ0n) is 15.3. The van der Waals surface area contributed by atoms with Crippen LogP contribution in [0.4, 0.5) is 0 Å². The second kappa shape index (κ2) is 9.20. The van der Waals surface area contributed by atoms with Gasteiger partial charge in [0, 0.05) is 24.6 Å². The SMILES string of the molecule is CNC(=O)c1cc(CSc2nc(Cl)c(C#N)c(-c3ccccc3)c2C#N)ccn1. The smallest absolute Gasteiger partial charge is 0.269 e. The van der Waals surface area contributed by atoms with Crippen molar-refractivity contribution in [2.24, 2.45) is 0 Å². The number of aromatic nitrogens is 2. The Bertz CT molecular complexity index is 1150. The molecular formula is C21H14ClN5OS. The first-order chi connectivity index (χ1) is 14.1. The molecule has 0 spiro atoms. The Hall–Kier alpha value is -3.39. The summed E-state index contributed by atoms with van der Waals surface area (Å²) in [6.07, 6.45) is 1.56. The summed E-state index contributed by atoms with van der Waals surface area (Å²) in [6.45, 7) is 0. The number of benzene rings is 1. The monoisotopic (exact) mass is 419 g/mol. The zero-order valence-corrected chi connectivity index (χ0v) is 16.9. The van der Waals surface area contributed by atoms with Crippen molar-refractivity contribution in [2.75, 3.05) is 7.05 Å². The number of hydrogen-bond acceptors (Lipinski definition) is 6. The molecule has 0 aliphatic carbocycles. The lowest BCUT2D eigenvalue weighted by molar-refractivity contribution is 0.0958. The molecule has 142 valence electrons. The van der Waals surface area contributed by atoms with Crippen LogP contribution in [0.3, 0.4) is 0 Å². The van der Waals surface area contributed by atoms with Crippen LogP contribution < -0.4 is 5.32 Å². The summed E-state index contributed by atoms with van der Waals surface area (Å²) in [4.78, 5) is 20.1. The Balaban J connectivity index is 2.01. The standard InChI is InChI=1S/C21H14ClN5OS/c1-25-20(28)17-9-13(7-8-26-17)12-29-21-16(11-24)18(14-5-3-2-4-6-14)15(10-23)19(22)27-21/h2-9H,12H2,1H3,(H,25,28). The van der Waals surface area contributed by atoms with Crippen LogP contribution in [-0.2, 0) is 5.75 Å². The summed E-state index contributed by atoms with van der Waals surface area (Å²) >= 11 is 7.57. The number of carbonyl (C=O) groups excluding carboxylic acids is 1. The van der Waals surface area contributed by atoms with E-state index in [1.807, 2.05) is 30.3 Å². The van der Waals surface area contributed by atoms with E-state index in [2.05, 4.69) is 27.4 Å². The average molecular weight is 420 g/mol. The molecule has 0 radical (unpaired) electrons. The van der Waals surface area contributed by atoms with Gasteiger partial charge in [0.25, 0.3) is 5.91 Å². The maximum atomic E-state index is 11.8. The van der Waals surface area contributed by atoms with E-state index in [9.17, 15) is 15.3 Å². The van der Waals surface area contributed by atoms with Gasteiger partial charge < -0.3 is 5.32 Å². The summed E-state index contributed by atoms with van der Waals surface area (Å²) < 4.78 is 0. The molecule has 1 N–H and O–H groups in total. The number of hydrogen-bond donors (Lipinski definition) is 1. The number of carbonyl (C=O) groups is 1. The van der Waals surface area contributed by atoms with Crippen LogP contribution in [0.1, 0.15) is 27.2 Å². The molecule has 0 aliphatic heterocycles. The van der Waals surface area contributed by atoms with E-state index in [1.54, 1.807) is 25.4 Å². The fourth-order valence-corrected chi connectivity index (χ4v) is 3.91. The molecule has 29 heavy (non-hydrogen) atoms. The third-order valence-electron chi connectivity index (χ3n) is 4.07. The number of nitrogens with zero attached hydrogens (tertiary/aromatic N) is 4. The van der Waals surface area contributed by atoms with Gasteiger partial charge in [-0.2, -0.15) is 10.5 Å². The van der Waals surface area contributed by atoms with Crippen molar-refractivity contribution < 1.29 is 4.79 Å². The number of halogens is 1. The van der Waals surface area contributed by atoms with Gasteiger partial charge in [-0.25, -0.2) is 4.98 Å². The molecule has 0 bridgehead atoms. The Morgan fingerprint density at radius 1 is 1.17 bits per heavy atom. The van der Waals surface area contributed by atoms with Gasteiger partial charge in [-0.3, -0.25) is 9.78 Å². The number of nitrogens with one attached hydrogen (secondary N) is 1. The van der Waals surface area contributed by atoms with E-state index in [0.29, 0.717) is 27.6 Å². The molecule has 2 aromatic heterocycles. The Morgan fingerprint density at radius 3 is 2.55 bits per heavy atom. The second-order valence-electron chi connectivity index (χ2n) is 5.84. The third-order valence-corrected chi connectivity index (χ3v) is 5.39. The van der Waals surface area contributed by atoms with Gasteiger partial charge in [0.15, 0.2) is 0 Å². The highest BCUT2D eigenvalue weighted by Crippen LogP contribution is 2.37. The Labute approximate surface area is 177 Å². The van der Waals surface area contributed by atoms with Crippen molar-refractivity contribution >= 4 is 29.3 Å². The van der Waals surface area contributed by atoms with Gasteiger partial charge in [0.1, 0.15) is 28.0 Å². The van der Waals surface area contributed by atoms with Gasteiger partial charge in [-0.1, -0.05) is 41.9 Å². The Morgan fingerprint density at radius 2 is 1.90 bits per heavy atom. The lowest BCUT2D eigenvalue weighted by Gasteiger charge is -2.12. The molecule has 0 fully saturated rings. The largest absolute Gasteiger partial charge is 0.354 e. The van der Waals surface area contributed by atoms with Gasteiger partial charge in [0.05, 0.1) is 11.1 Å². The van der Waals surface area contributed by atoms with Gasteiger partial charge in [-0.05, 0) is 23.3 Å². The summed E-state index contributed by atoms with van der Waals surface area (Å²) in [5.74, 6) is 0.172. The van der Waals surface area contributed by atoms with Crippen LogP contribution in [0.25, 0.3) is 11.1 Å². The third kappa shape index (κ3) is 4.38. The van der Waals surface area contributed by atoms with Crippen molar-refractivity contribution in [2.45, 2.75) is 10.8 Å². The molecule has 8 heteroatoms. The summed E-state index contributed by atoms with van der Waals surface area (Å²) in [5, 5.41) is 22.4. The second-order valence-corrected chi connectivity index (χ2v) is 7.16. The van der Waals surface area contributed by atoms with Crippen molar-refractivity contribution in [3.05, 3.63) is 76.2 Å². The summed E-state index contributed by atoms with van der Waals surface area (Å²) in [6, 6.07) is 16.8. The molecule has 6 nitrogen and oxygen atoms in total. The molecule has 2 heterocycles. The molecule has 1 amide bonds. The maximum Gasteiger partial charge on any atom is 0.269 e. The maximum absolute atomic E-state index is 11.8. The first-order valence-electron chi connectivity index (χ1n) is 8.48. The number of pyridine rings is 2. The fraction of sp³-hybridized carbons (Fsp3) is 0.0952. The molecule has 0 aliphatic rings. The molecule has 0 saturated heterocycles. The first-order valence-corrected chi connectivity index (χ1v) is 9.84. The molecule has 1 aromatic carbocycles. The predicted octanol–water partition coefficient (Wildman–Crippen LogP) is 4.19. The summed E-state index contributed by atoms with van der Waals surface area (Å²) in [7, 11) is 1.54. The minimum atomic E-state index is -0.277. The van der Waals surface area contributed by atoms with E-state index in [-0.39, 0.29) is 16.6 Å². The lowest BCUT2D eigenvalue weighted by atomic mass is 9.98. The molecule has 3 aromatic rings. The van der Waals surface area contributed by atoms with Crippen molar-refractivity contribution in [1.29, 1.82) is 10.5 Å². The molecule has 0 atom stereocenters. The van der Waals surface area contributed by atoms with Crippen molar-refractivity contribution in [1.82, 2.24) is 15.3 Å². The Kier molecular flexibility index (Phi) is 6.46. The van der Waals surface area contributed by atoms with Gasteiger partial charge in [0.2, 0.25) is 0 Å². The summed E-state index contributed by atoms with van der Waals surface area (Å²) in [5.41, 5.74) is 2.81. The van der Waals surface area contributed by atoms with Crippen LogP contribution in [0.2, 0.25) is 5.15 Å². The molecule has 3 rings (SSSR count). The van der Waals surface area contributed by atoms with Gasteiger partial charge in [-0.15, -0.1) is 11.8 Å². The minimum absolute atomic E-state index is 0.0497. The highest BCUT2D eigenvalue weighted by molar-refractivity contribution is 7.98. The fourth-order valence-electron chi connectivity index (χ4n) is 2.71. The normalized spacial score (nSPS) is 10.1. The van der Waals surface area contributed by atoms with Crippen LogP contribution in [0, 0.1) is 22.7 Å². The highest BCUT2D eigenvalue weighted by atomic mass is 35.5. The van der Waals surface area contributed by atoms with E-state index in [4.69, 9.17) is 11.6 Å². The number of rotatable bonds is 5. The topological polar surface area (TPSA) is 102 Å². The van der Waals surface area contributed by atoms with Crippen LogP contribution in [-0.4, -0.2) is 22.9 Å². The number of thioether (sulfide) groups is 1. The van der Waals surface area contributed by atoms with Crippen LogP contribution >= 0.6 is 23.4 Å². The number of nitriles is 2. The number of amides is 1. The molecular weight excluding hydrogens is 406 g/mol. The van der Waals surface area contributed by atoms with Gasteiger partial charge >= 0.3 is 0 Å². The lowest BCUT2D eigenvalue weighted by Crippen LogP contribution is -2.19. The first kappa shape index (κ1) is 20.3. The van der Waals surface area contributed by atoms with Crippen LogP contribution in [0.15, 0.2) is 53.7 Å². The molecule has 0 saturated carbocycles. The molecule has 0 unspecified atom stereocenters. The van der Waals surface area contributed by atoms with E-state index in [0.717, 1.165) is 11.1 Å². The van der Waals surface area contributed by atoms with Crippen molar-refractivity contribution in [3.63, 3.8) is 0 Å². The van der Waals surface area contributed by atoms with Crippen molar-refractivity contribution in [3.8, 4) is 23.3 Å².